The number of hydrogen-bond acceptors (Lipinski definition) is 5. The Hall–Kier alpha value is -3.65. The SMILES string of the molecule is CCOc1ccccc1NC(=O)C[C@H]1C(=O)Nc2ccccc2N1C(=O)c1cccs1. The molecule has 0 fully saturated rings. The first-order chi connectivity index (χ1) is 15.1. The third-order valence-corrected chi connectivity index (χ3v) is 5.68. The van der Waals surface area contributed by atoms with E-state index in [2.05, 4.69) is 10.6 Å². The minimum Gasteiger partial charge on any atom is -0.492 e. The standard InChI is InChI=1S/C23H21N3O4S/c1-2-30-19-11-6-4-9-16(19)24-21(27)14-18-22(28)25-15-8-3-5-10-17(15)26(18)23(29)20-12-7-13-31-20/h3-13,18H,2,14H2,1H3,(H,24,27)(H,25,28)/t18-/m0/s1. The highest BCUT2D eigenvalue weighted by atomic mass is 32.1. The maximum absolute atomic E-state index is 13.3. The number of fused-ring (bicyclic) bond motifs is 1. The molecule has 158 valence electrons. The van der Waals surface area contributed by atoms with Crippen molar-refractivity contribution in [2.45, 2.75) is 19.4 Å². The van der Waals surface area contributed by atoms with E-state index in [0.717, 1.165) is 0 Å². The molecule has 0 aliphatic carbocycles. The first kappa shape index (κ1) is 20.6. The second kappa shape index (κ2) is 9.01. The van der Waals surface area contributed by atoms with Gasteiger partial charge in [0.2, 0.25) is 11.8 Å². The largest absolute Gasteiger partial charge is 0.492 e. The number of thiophene rings is 1. The molecule has 7 nitrogen and oxygen atoms in total. The smallest absolute Gasteiger partial charge is 0.269 e. The molecule has 1 aliphatic rings. The van der Waals surface area contributed by atoms with E-state index < -0.39 is 17.9 Å². The molecule has 0 unspecified atom stereocenters. The molecule has 0 radical (unpaired) electrons. The summed E-state index contributed by atoms with van der Waals surface area (Å²) in [6.07, 6.45) is -0.197. The quantitative estimate of drug-likeness (QED) is 0.609. The monoisotopic (exact) mass is 435 g/mol. The van der Waals surface area contributed by atoms with Gasteiger partial charge in [0.05, 0.1) is 35.0 Å². The van der Waals surface area contributed by atoms with Crippen LogP contribution in [0.3, 0.4) is 0 Å². The number of benzene rings is 2. The Kier molecular flexibility index (Phi) is 5.99. The van der Waals surface area contributed by atoms with Gasteiger partial charge in [-0.1, -0.05) is 30.3 Å². The van der Waals surface area contributed by atoms with Crippen molar-refractivity contribution in [3.05, 3.63) is 70.9 Å². The predicted octanol–water partition coefficient (Wildman–Crippen LogP) is 4.14. The molecule has 1 aromatic heterocycles. The summed E-state index contributed by atoms with van der Waals surface area (Å²) in [7, 11) is 0. The van der Waals surface area contributed by atoms with Gasteiger partial charge in [-0.2, -0.15) is 0 Å². The van der Waals surface area contributed by atoms with Crippen molar-refractivity contribution in [2.75, 3.05) is 22.1 Å². The Morgan fingerprint density at radius 2 is 1.87 bits per heavy atom. The molecule has 0 saturated heterocycles. The number of para-hydroxylation sites is 4. The molecule has 3 amide bonds. The van der Waals surface area contributed by atoms with Gasteiger partial charge in [0, 0.05) is 0 Å². The Bertz CT molecular complexity index is 1110. The van der Waals surface area contributed by atoms with Crippen LogP contribution in [0.15, 0.2) is 66.0 Å². The van der Waals surface area contributed by atoms with Crippen molar-refractivity contribution in [3.8, 4) is 5.75 Å². The Labute approximate surface area is 183 Å². The summed E-state index contributed by atoms with van der Waals surface area (Å²) in [4.78, 5) is 40.9. The summed E-state index contributed by atoms with van der Waals surface area (Å²) < 4.78 is 5.55. The fourth-order valence-corrected chi connectivity index (χ4v) is 4.13. The minimum absolute atomic E-state index is 0.197. The number of rotatable bonds is 6. The highest BCUT2D eigenvalue weighted by Gasteiger charge is 2.38. The summed E-state index contributed by atoms with van der Waals surface area (Å²) >= 11 is 1.29. The van der Waals surface area contributed by atoms with Crippen molar-refractivity contribution in [2.24, 2.45) is 0 Å². The first-order valence-corrected chi connectivity index (χ1v) is 10.7. The van der Waals surface area contributed by atoms with Crippen LogP contribution in [0.2, 0.25) is 0 Å². The maximum Gasteiger partial charge on any atom is 0.269 e. The lowest BCUT2D eigenvalue weighted by molar-refractivity contribution is -0.122. The van der Waals surface area contributed by atoms with E-state index in [1.54, 1.807) is 60.0 Å². The second-order valence-electron chi connectivity index (χ2n) is 6.86. The molecular formula is C23H21N3O4S. The summed E-state index contributed by atoms with van der Waals surface area (Å²) in [5.41, 5.74) is 1.62. The van der Waals surface area contributed by atoms with E-state index in [0.29, 0.717) is 34.3 Å². The van der Waals surface area contributed by atoms with E-state index in [9.17, 15) is 14.4 Å². The molecule has 0 spiro atoms. The number of carbonyl (C=O) groups excluding carboxylic acids is 3. The van der Waals surface area contributed by atoms with Crippen LogP contribution in [0, 0.1) is 0 Å². The van der Waals surface area contributed by atoms with Crippen molar-refractivity contribution >= 4 is 46.1 Å². The first-order valence-electron chi connectivity index (χ1n) is 9.87. The molecule has 0 saturated carbocycles. The molecular weight excluding hydrogens is 414 g/mol. The molecule has 1 atom stereocenters. The van der Waals surface area contributed by atoms with Crippen molar-refractivity contribution in [1.29, 1.82) is 0 Å². The Morgan fingerprint density at radius 3 is 2.65 bits per heavy atom. The van der Waals surface area contributed by atoms with Gasteiger partial charge < -0.3 is 15.4 Å². The summed E-state index contributed by atoms with van der Waals surface area (Å²) in [5.74, 6) is -0.569. The van der Waals surface area contributed by atoms with E-state index in [-0.39, 0.29) is 12.3 Å². The number of nitrogens with zero attached hydrogens (tertiary/aromatic N) is 1. The number of carbonyl (C=O) groups is 3. The molecule has 0 bridgehead atoms. The average molecular weight is 436 g/mol. The van der Waals surface area contributed by atoms with Crippen LogP contribution in [0.25, 0.3) is 0 Å². The number of anilines is 3. The predicted molar refractivity (Wildman–Crippen MR) is 121 cm³/mol. The third kappa shape index (κ3) is 4.29. The lowest BCUT2D eigenvalue weighted by Gasteiger charge is -2.36. The molecule has 8 heteroatoms. The zero-order chi connectivity index (χ0) is 21.8. The number of nitrogens with one attached hydrogen (secondary N) is 2. The van der Waals surface area contributed by atoms with Crippen LogP contribution in [-0.2, 0) is 9.59 Å². The fraction of sp³-hybridized carbons (Fsp3) is 0.174. The van der Waals surface area contributed by atoms with E-state index in [4.69, 9.17) is 4.74 Å². The highest BCUT2D eigenvalue weighted by Crippen LogP contribution is 2.35. The van der Waals surface area contributed by atoms with Gasteiger partial charge in [0.1, 0.15) is 11.8 Å². The van der Waals surface area contributed by atoms with Crippen LogP contribution in [0.5, 0.6) is 5.75 Å². The summed E-state index contributed by atoms with van der Waals surface area (Å²) in [6, 6.07) is 16.7. The summed E-state index contributed by atoms with van der Waals surface area (Å²) in [6.45, 7) is 2.31. The lowest BCUT2D eigenvalue weighted by Crippen LogP contribution is -2.52. The molecule has 3 aromatic rings. The number of hydrogen-bond donors (Lipinski definition) is 2. The minimum atomic E-state index is -0.983. The van der Waals surface area contributed by atoms with Crippen molar-refractivity contribution in [3.63, 3.8) is 0 Å². The van der Waals surface area contributed by atoms with Crippen molar-refractivity contribution < 1.29 is 19.1 Å². The average Bonchev–Trinajstić information content (AvgIpc) is 3.30. The molecule has 2 aromatic carbocycles. The van der Waals surface area contributed by atoms with Gasteiger partial charge in [-0.15, -0.1) is 11.3 Å². The van der Waals surface area contributed by atoms with Gasteiger partial charge in [0.25, 0.3) is 5.91 Å². The van der Waals surface area contributed by atoms with Crippen LogP contribution in [0.4, 0.5) is 17.1 Å². The second-order valence-corrected chi connectivity index (χ2v) is 7.80. The normalized spacial score (nSPS) is 15.1. The van der Waals surface area contributed by atoms with Crippen LogP contribution in [0.1, 0.15) is 23.0 Å². The highest BCUT2D eigenvalue weighted by molar-refractivity contribution is 7.12. The molecule has 2 N–H and O–H groups in total. The molecule has 4 rings (SSSR count). The topological polar surface area (TPSA) is 87.7 Å². The van der Waals surface area contributed by atoms with Gasteiger partial charge in [-0.25, -0.2) is 0 Å². The lowest BCUT2D eigenvalue weighted by atomic mass is 10.0. The molecule has 2 heterocycles. The molecule has 1 aliphatic heterocycles. The van der Waals surface area contributed by atoms with Crippen molar-refractivity contribution in [1.82, 2.24) is 0 Å². The Balaban J connectivity index is 1.62. The van der Waals surface area contributed by atoms with E-state index in [1.165, 1.54) is 16.2 Å². The van der Waals surface area contributed by atoms with Gasteiger partial charge in [-0.3, -0.25) is 19.3 Å². The zero-order valence-corrected chi connectivity index (χ0v) is 17.6. The van der Waals surface area contributed by atoms with Gasteiger partial charge in [0.15, 0.2) is 0 Å². The fourth-order valence-electron chi connectivity index (χ4n) is 3.47. The van der Waals surface area contributed by atoms with E-state index in [1.807, 2.05) is 13.0 Å². The number of ether oxygens (including phenoxy) is 1. The van der Waals surface area contributed by atoms with Crippen LogP contribution < -0.4 is 20.3 Å². The summed E-state index contributed by atoms with van der Waals surface area (Å²) in [5, 5.41) is 7.41. The van der Waals surface area contributed by atoms with E-state index >= 15 is 0 Å². The maximum atomic E-state index is 13.3. The van der Waals surface area contributed by atoms with Crippen LogP contribution >= 0.6 is 11.3 Å². The van der Waals surface area contributed by atoms with Gasteiger partial charge >= 0.3 is 0 Å². The number of amides is 3. The molecule has 31 heavy (non-hydrogen) atoms. The Morgan fingerprint density at radius 1 is 1.10 bits per heavy atom. The zero-order valence-electron chi connectivity index (χ0n) is 16.8. The third-order valence-electron chi connectivity index (χ3n) is 4.83. The van der Waals surface area contributed by atoms with Crippen LogP contribution in [-0.4, -0.2) is 30.4 Å². The van der Waals surface area contributed by atoms with Gasteiger partial charge in [-0.05, 0) is 42.6 Å².